The lowest BCUT2D eigenvalue weighted by molar-refractivity contribution is -0.116. The fourth-order valence-corrected chi connectivity index (χ4v) is 2.31. The zero-order valence-corrected chi connectivity index (χ0v) is 11.6. The number of hydrogen-bond donors (Lipinski definition) is 0. The monoisotopic (exact) mass is 258 g/mol. The number of aryl methyl sites for hydroxylation is 1. The molecule has 1 aromatic rings. The number of rotatable bonds is 4. The predicted octanol–water partition coefficient (Wildman–Crippen LogP) is 2.47. The summed E-state index contributed by atoms with van der Waals surface area (Å²) in [6, 6.07) is 0. The second-order valence-electron chi connectivity index (χ2n) is 4.92. The molecule has 1 aliphatic carbocycles. The van der Waals surface area contributed by atoms with E-state index >= 15 is 0 Å². The molecule has 2 rings (SSSR count). The third-order valence-electron chi connectivity index (χ3n) is 3.71. The SMILES string of the molecule is CC1=C(C)C(=O)C(CCCn2ccnc2)=C(C)C1=O. The van der Waals surface area contributed by atoms with Gasteiger partial charge in [0, 0.05) is 41.2 Å². The van der Waals surface area contributed by atoms with Gasteiger partial charge in [0.2, 0.25) is 0 Å². The van der Waals surface area contributed by atoms with E-state index in [1.807, 2.05) is 10.8 Å². The van der Waals surface area contributed by atoms with Crippen LogP contribution >= 0.6 is 0 Å². The topological polar surface area (TPSA) is 52.0 Å². The number of carbonyl (C=O) groups is 2. The molecule has 1 aromatic heterocycles. The first-order valence-electron chi connectivity index (χ1n) is 6.44. The molecular weight excluding hydrogens is 240 g/mol. The van der Waals surface area contributed by atoms with Gasteiger partial charge in [-0.3, -0.25) is 9.59 Å². The smallest absolute Gasteiger partial charge is 0.185 e. The van der Waals surface area contributed by atoms with Gasteiger partial charge in [0.1, 0.15) is 0 Å². The molecule has 0 bridgehead atoms. The van der Waals surface area contributed by atoms with Crippen LogP contribution in [0.2, 0.25) is 0 Å². The Balaban J connectivity index is 2.07. The molecule has 100 valence electrons. The van der Waals surface area contributed by atoms with E-state index in [2.05, 4.69) is 4.98 Å². The number of Topliss-reactive ketones (excluding diaryl/α,β-unsaturated/α-hetero) is 2. The van der Waals surface area contributed by atoms with Crippen LogP contribution in [0.5, 0.6) is 0 Å². The number of hydrogen-bond acceptors (Lipinski definition) is 3. The van der Waals surface area contributed by atoms with Crippen LogP contribution in [0, 0.1) is 0 Å². The van der Waals surface area contributed by atoms with E-state index in [9.17, 15) is 9.59 Å². The van der Waals surface area contributed by atoms with Crippen molar-refractivity contribution in [1.82, 2.24) is 9.55 Å². The minimum Gasteiger partial charge on any atom is -0.337 e. The lowest BCUT2D eigenvalue weighted by Gasteiger charge is -2.18. The summed E-state index contributed by atoms with van der Waals surface area (Å²) in [7, 11) is 0. The Morgan fingerprint density at radius 1 is 1.05 bits per heavy atom. The molecule has 0 aliphatic heterocycles. The Morgan fingerprint density at radius 2 is 1.74 bits per heavy atom. The summed E-state index contributed by atoms with van der Waals surface area (Å²) in [5, 5.41) is 0. The lowest BCUT2D eigenvalue weighted by atomic mass is 9.84. The second-order valence-corrected chi connectivity index (χ2v) is 4.92. The van der Waals surface area contributed by atoms with Gasteiger partial charge < -0.3 is 4.57 Å². The summed E-state index contributed by atoms with van der Waals surface area (Å²) in [6.07, 6.45) is 6.85. The Bertz CT molecular complexity index is 577. The van der Waals surface area contributed by atoms with Crippen molar-refractivity contribution in [1.29, 1.82) is 0 Å². The third-order valence-corrected chi connectivity index (χ3v) is 3.71. The number of carbonyl (C=O) groups excluding carboxylic acids is 2. The van der Waals surface area contributed by atoms with Gasteiger partial charge in [0.05, 0.1) is 6.33 Å². The first-order valence-corrected chi connectivity index (χ1v) is 6.44. The molecule has 4 heteroatoms. The predicted molar refractivity (Wildman–Crippen MR) is 72.5 cm³/mol. The van der Waals surface area contributed by atoms with Gasteiger partial charge >= 0.3 is 0 Å². The average Bonchev–Trinajstić information content (AvgIpc) is 2.91. The maximum atomic E-state index is 12.2. The van der Waals surface area contributed by atoms with Gasteiger partial charge in [0.15, 0.2) is 11.6 Å². The molecule has 4 nitrogen and oxygen atoms in total. The highest BCUT2D eigenvalue weighted by Gasteiger charge is 2.27. The second kappa shape index (κ2) is 5.34. The minimum atomic E-state index is 0.00901. The summed E-state index contributed by atoms with van der Waals surface area (Å²) in [5.74, 6) is 0.0370. The maximum absolute atomic E-state index is 12.2. The van der Waals surface area contributed by atoms with E-state index in [0.29, 0.717) is 28.7 Å². The number of allylic oxidation sites excluding steroid dienone is 4. The average molecular weight is 258 g/mol. The largest absolute Gasteiger partial charge is 0.337 e. The molecule has 0 unspecified atom stereocenters. The van der Waals surface area contributed by atoms with E-state index in [0.717, 1.165) is 13.0 Å². The Morgan fingerprint density at radius 3 is 2.37 bits per heavy atom. The van der Waals surface area contributed by atoms with Crippen LogP contribution in [0.4, 0.5) is 0 Å². The van der Waals surface area contributed by atoms with Crippen molar-refractivity contribution < 1.29 is 9.59 Å². The quantitative estimate of drug-likeness (QED) is 0.779. The normalized spacial score (nSPS) is 16.6. The third kappa shape index (κ3) is 2.57. The van der Waals surface area contributed by atoms with Crippen LogP contribution in [0.3, 0.4) is 0 Å². The molecule has 1 heterocycles. The molecule has 0 atom stereocenters. The summed E-state index contributed by atoms with van der Waals surface area (Å²) < 4.78 is 1.97. The highest BCUT2D eigenvalue weighted by atomic mass is 16.1. The molecule has 0 fully saturated rings. The molecule has 0 N–H and O–H groups in total. The molecule has 19 heavy (non-hydrogen) atoms. The number of ketones is 2. The molecule has 0 spiro atoms. The molecule has 0 radical (unpaired) electrons. The van der Waals surface area contributed by atoms with Gasteiger partial charge in [0.25, 0.3) is 0 Å². The van der Waals surface area contributed by atoms with Crippen LogP contribution in [0.1, 0.15) is 33.6 Å². The van der Waals surface area contributed by atoms with Crippen molar-refractivity contribution in [2.45, 2.75) is 40.2 Å². The Kier molecular flexibility index (Phi) is 3.79. The first kappa shape index (κ1) is 13.5. The van der Waals surface area contributed by atoms with E-state index in [-0.39, 0.29) is 11.6 Å². The van der Waals surface area contributed by atoms with Crippen molar-refractivity contribution in [3.8, 4) is 0 Å². The van der Waals surface area contributed by atoms with Gasteiger partial charge in [-0.05, 0) is 33.6 Å². The summed E-state index contributed by atoms with van der Waals surface area (Å²) in [4.78, 5) is 28.2. The number of nitrogens with zero attached hydrogens (tertiary/aromatic N) is 2. The maximum Gasteiger partial charge on any atom is 0.185 e. The van der Waals surface area contributed by atoms with E-state index in [1.165, 1.54) is 0 Å². The standard InChI is InChI=1S/C15H18N2O2/c1-10-11(2)15(19)13(12(3)14(10)18)5-4-7-17-8-6-16-9-17/h6,8-9H,4-5,7H2,1-3H3. The molecule has 0 saturated heterocycles. The highest BCUT2D eigenvalue weighted by molar-refractivity contribution is 6.24. The van der Waals surface area contributed by atoms with E-state index in [4.69, 9.17) is 0 Å². The van der Waals surface area contributed by atoms with Crippen LogP contribution in [-0.4, -0.2) is 21.1 Å². The van der Waals surface area contributed by atoms with Crippen LogP contribution in [0.25, 0.3) is 0 Å². The highest BCUT2D eigenvalue weighted by Crippen LogP contribution is 2.26. The number of imidazole rings is 1. The van der Waals surface area contributed by atoms with Crippen LogP contribution in [0.15, 0.2) is 41.0 Å². The minimum absolute atomic E-state index is 0.00901. The van der Waals surface area contributed by atoms with Crippen molar-refractivity contribution in [2.24, 2.45) is 0 Å². The summed E-state index contributed by atoms with van der Waals surface area (Å²) in [5.41, 5.74) is 2.46. The Hall–Kier alpha value is -1.97. The lowest BCUT2D eigenvalue weighted by Crippen LogP contribution is -2.20. The molecule has 1 aliphatic rings. The molecule has 0 aromatic carbocycles. The summed E-state index contributed by atoms with van der Waals surface area (Å²) in [6.45, 7) is 6.02. The van der Waals surface area contributed by atoms with Gasteiger partial charge in [-0.25, -0.2) is 4.98 Å². The first-order chi connectivity index (χ1) is 9.02. The van der Waals surface area contributed by atoms with Gasteiger partial charge in [-0.2, -0.15) is 0 Å². The van der Waals surface area contributed by atoms with Crippen molar-refractivity contribution in [3.63, 3.8) is 0 Å². The number of aromatic nitrogens is 2. The van der Waals surface area contributed by atoms with Crippen LogP contribution < -0.4 is 0 Å². The van der Waals surface area contributed by atoms with Crippen molar-refractivity contribution in [2.75, 3.05) is 0 Å². The fraction of sp³-hybridized carbons (Fsp3) is 0.400. The fourth-order valence-electron chi connectivity index (χ4n) is 2.31. The Labute approximate surface area is 112 Å². The molecule has 0 saturated carbocycles. The molecule has 0 amide bonds. The van der Waals surface area contributed by atoms with Crippen molar-refractivity contribution in [3.05, 3.63) is 41.0 Å². The van der Waals surface area contributed by atoms with Gasteiger partial charge in [-0.15, -0.1) is 0 Å². The summed E-state index contributed by atoms with van der Waals surface area (Å²) >= 11 is 0. The zero-order valence-electron chi connectivity index (χ0n) is 11.6. The zero-order chi connectivity index (χ0) is 14.0. The van der Waals surface area contributed by atoms with E-state index in [1.54, 1.807) is 33.3 Å². The van der Waals surface area contributed by atoms with E-state index < -0.39 is 0 Å². The van der Waals surface area contributed by atoms with Crippen molar-refractivity contribution >= 4 is 11.6 Å². The van der Waals surface area contributed by atoms with Gasteiger partial charge in [-0.1, -0.05) is 0 Å². The molecular formula is C15H18N2O2. The van der Waals surface area contributed by atoms with Crippen LogP contribution in [-0.2, 0) is 16.1 Å².